The summed E-state index contributed by atoms with van der Waals surface area (Å²) in [6.07, 6.45) is 3.26. The Bertz CT molecular complexity index is 1040. The van der Waals surface area contributed by atoms with Crippen LogP contribution in [-0.4, -0.2) is 17.6 Å². The summed E-state index contributed by atoms with van der Waals surface area (Å²) in [5.41, 5.74) is 4.02. The molecule has 29 heavy (non-hydrogen) atoms. The highest BCUT2D eigenvalue weighted by atomic mass is 35.5. The number of hydrogen-bond donors (Lipinski definition) is 1. The van der Waals surface area contributed by atoms with Gasteiger partial charge in [-0.3, -0.25) is 4.79 Å². The summed E-state index contributed by atoms with van der Waals surface area (Å²) in [6, 6.07) is 13.5. The molecule has 0 aliphatic heterocycles. The molecule has 0 saturated carbocycles. The van der Waals surface area contributed by atoms with Crippen LogP contribution in [0.3, 0.4) is 0 Å². The molecular formula is C23H22ClFN2O2. The number of benzene rings is 2. The number of allylic oxidation sites excluding steroid dienone is 1. The zero-order valence-electron chi connectivity index (χ0n) is 16.3. The number of halogens is 2. The SMILES string of the molecule is CC/C=C(/CNC(=O)c1cc(Cc2cccc(F)c2)on1)c1cc(Cl)ccc1C. The minimum absolute atomic E-state index is 0.190. The molecule has 0 spiro atoms. The average Bonchev–Trinajstić information content (AvgIpc) is 3.15. The molecule has 2 aromatic carbocycles. The third-order valence-electron chi connectivity index (χ3n) is 4.49. The number of aromatic nitrogens is 1. The Labute approximate surface area is 174 Å². The van der Waals surface area contributed by atoms with Gasteiger partial charge in [-0.2, -0.15) is 0 Å². The van der Waals surface area contributed by atoms with Crippen molar-refractivity contribution in [2.45, 2.75) is 26.7 Å². The van der Waals surface area contributed by atoms with Gasteiger partial charge in [0.2, 0.25) is 0 Å². The van der Waals surface area contributed by atoms with E-state index in [1.807, 2.05) is 32.0 Å². The maximum Gasteiger partial charge on any atom is 0.273 e. The third kappa shape index (κ3) is 5.55. The smallest absolute Gasteiger partial charge is 0.273 e. The van der Waals surface area contributed by atoms with Gasteiger partial charge in [-0.1, -0.05) is 48.0 Å². The molecule has 0 fully saturated rings. The molecule has 0 saturated heterocycles. The number of rotatable bonds is 7. The Balaban J connectivity index is 1.67. The van der Waals surface area contributed by atoms with Crippen molar-refractivity contribution in [3.05, 3.63) is 93.6 Å². The third-order valence-corrected chi connectivity index (χ3v) is 4.73. The van der Waals surface area contributed by atoms with Gasteiger partial charge in [-0.05, 0) is 59.9 Å². The Morgan fingerprint density at radius 1 is 1.24 bits per heavy atom. The first-order valence-electron chi connectivity index (χ1n) is 9.40. The second-order valence-corrected chi connectivity index (χ2v) is 7.20. The normalized spacial score (nSPS) is 11.5. The zero-order valence-corrected chi connectivity index (χ0v) is 17.1. The molecule has 1 amide bonds. The van der Waals surface area contributed by atoms with E-state index in [0.29, 0.717) is 23.7 Å². The predicted molar refractivity (Wildman–Crippen MR) is 112 cm³/mol. The minimum atomic E-state index is -0.332. The van der Waals surface area contributed by atoms with Crippen LogP contribution in [0.4, 0.5) is 4.39 Å². The first kappa shape index (κ1) is 20.8. The van der Waals surface area contributed by atoms with Crippen molar-refractivity contribution < 1.29 is 13.7 Å². The number of nitrogens with one attached hydrogen (secondary N) is 1. The summed E-state index contributed by atoms with van der Waals surface area (Å²) in [7, 11) is 0. The van der Waals surface area contributed by atoms with Gasteiger partial charge >= 0.3 is 0 Å². The van der Waals surface area contributed by atoms with E-state index in [1.165, 1.54) is 12.1 Å². The molecular weight excluding hydrogens is 391 g/mol. The van der Waals surface area contributed by atoms with Crippen molar-refractivity contribution in [3.8, 4) is 0 Å². The van der Waals surface area contributed by atoms with Crippen LogP contribution >= 0.6 is 11.6 Å². The Morgan fingerprint density at radius 2 is 2.07 bits per heavy atom. The van der Waals surface area contributed by atoms with Crippen molar-refractivity contribution >= 4 is 23.1 Å². The van der Waals surface area contributed by atoms with Crippen molar-refractivity contribution in [1.29, 1.82) is 0 Å². The Hall–Kier alpha value is -2.92. The van der Waals surface area contributed by atoms with E-state index >= 15 is 0 Å². The molecule has 6 heteroatoms. The van der Waals surface area contributed by atoms with Gasteiger partial charge in [0, 0.05) is 24.1 Å². The van der Waals surface area contributed by atoms with E-state index in [1.54, 1.807) is 18.2 Å². The van der Waals surface area contributed by atoms with Gasteiger partial charge in [0.15, 0.2) is 5.69 Å². The van der Waals surface area contributed by atoms with Crippen LogP contribution in [0.1, 0.15) is 46.3 Å². The molecule has 3 aromatic rings. The monoisotopic (exact) mass is 412 g/mol. The zero-order chi connectivity index (χ0) is 20.8. The lowest BCUT2D eigenvalue weighted by molar-refractivity contribution is 0.0949. The van der Waals surface area contributed by atoms with Gasteiger partial charge in [0.25, 0.3) is 5.91 Å². The standard InChI is InChI=1S/C23H22ClFN2O2/c1-3-5-17(21-12-18(24)9-8-15(21)2)14-26-23(28)22-13-20(29-27-22)11-16-6-4-7-19(25)10-16/h4-10,12-13H,3,11,14H2,1-2H3,(H,26,28)/b17-5-. The summed E-state index contributed by atoms with van der Waals surface area (Å²) < 4.78 is 18.5. The van der Waals surface area contributed by atoms with E-state index in [-0.39, 0.29) is 17.4 Å². The number of amides is 1. The first-order chi connectivity index (χ1) is 14.0. The lowest BCUT2D eigenvalue weighted by atomic mass is 9.99. The minimum Gasteiger partial charge on any atom is -0.360 e. The molecule has 150 valence electrons. The molecule has 0 aliphatic rings. The number of aryl methyl sites for hydroxylation is 1. The van der Waals surface area contributed by atoms with Gasteiger partial charge in [0.1, 0.15) is 11.6 Å². The maximum absolute atomic E-state index is 13.3. The van der Waals surface area contributed by atoms with Crippen LogP contribution in [0.15, 0.2) is 59.1 Å². The van der Waals surface area contributed by atoms with Crippen LogP contribution in [0.2, 0.25) is 5.02 Å². The topological polar surface area (TPSA) is 55.1 Å². The largest absolute Gasteiger partial charge is 0.360 e. The number of nitrogens with zero attached hydrogens (tertiary/aromatic N) is 1. The summed E-state index contributed by atoms with van der Waals surface area (Å²) >= 11 is 6.14. The van der Waals surface area contributed by atoms with E-state index < -0.39 is 0 Å². The van der Waals surface area contributed by atoms with Gasteiger partial charge < -0.3 is 9.84 Å². The number of carbonyl (C=O) groups is 1. The van der Waals surface area contributed by atoms with E-state index in [4.69, 9.17) is 16.1 Å². The fourth-order valence-electron chi connectivity index (χ4n) is 3.08. The molecule has 1 heterocycles. The van der Waals surface area contributed by atoms with Crippen LogP contribution in [0.5, 0.6) is 0 Å². The quantitative estimate of drug-likeness (QED) is 0.550. The molecule has 0 aliphatic carbocycles. The first-order valence-corrected chi connectivity index (χ1v) is 9.78. The summed E-state index contributed by atoms with van der Waals surface area (Å²) in [6.45, 7) is 4.39. The molecule has 3 rings (SSSR count). The van der Waals surface area contributed by atoms with Crippen molar-refractivity contribution in [3.63, 3.8) is 0 Å². The van der Waals surface area contributed by atoms with Crippen molar-refractivity contribution in [1.82, 2.24) is 10.5 Å². The van der Waals surface area contributed by atoms with E-state index in [0.717, 1.165) is 28.7 Å². The van der Waals surface area contributed by atoms with Crippen LogP contribution < -0.4 is 5.32 Å². The van der Waals surface area contributed by atoms with Crippen molar-refractivity contribution in [2.75, 3.05) is 6.54 Å². The van der Waals surface area contributed by atoms with Crippen molar-refractivity contribution in [2.24, 2.45) is 0 Å². The van der Waals surface area contributed by atoms with Crippen LogP contribution in [0.25, 0.3) is 5.57 Å². The molecule has 1 N–H and O–H groups in total. The second kappa shape index (κ2) is 9.52. The fourth-order valence-corrected chi connectivity index (χ4v) is 3.25. The molecule has 4 nitrogen and oxygen atoms in total. The predicted octanol–water partition coefficient (Wildman–Crippen LogP) is 5.59. The second-order valence-electron chi connectivity index (χ2n) is 6.76. The summed E-state index contributed by atoms with van der Waals surface area (Å²) in [4.78, 5) is 12.5. The number of carbonyl (C=O) groups excluding carboxylic acids is 1. The van der Waals surface area contributed by atoms with Gasteiger partial charge in [-0.15, -0.1) is 0 Å². The molecule has 0 unspecified atom stereocenters. The Morgan fingerprint density at radius 3 is 2.83 bits per heavy atom. The van der Waals surface area contributed by atoms with E-state index in [2.05, 4.69) is 16.5 Å². The molecule has 0 bridgehead atoms. The highest BCUT2D eigenvalue weighted by Crippen LogP contribution is 2.23. The molecule has 0 radical (unpaired) electrons. The van der Waals surface area contributed by atoms with E-state index in [9.17, 15) is 9.18 Å². The van der Waals surface area contributed by atoms with Crippen LogP contribution in [-0.2, 0) is 6.42 Å². The Kier molecular flexibility index (Phi) is 6.83. The number of hydrogen-bond acceptors (Lipinski definition) is 3. The lowest BCUT2D eigenvalue weighted by Gasteiger charge is -2.12. The van der Waals surface area contributed by atoms with Crippen LogP contribution in [0, 0.1) is 12.7 Å². The lowest BCUT2D eigenvalue weighted by Crippen LogP contribution is -2.25. The summed E-state index contributed by atoms with van der Waals surface area (Å²) in [5, 5.41) is 7.37. The van der Waals surface area contributed by atoms with Gasteiger partial charge in [0.05, 0.1) is 0 Å². The highest BCUT2D eigenvalue weighted by molar-refractivity contribution is 6.30. The molecule has 1 aromatic heterocycles. The average molecular weight is 413 g/mol. The highest BCUT2D eigenvalue weighted by Gasteiger charge is 2.14. The fraction of sp³-hybridized carbons (Fsp3) is 0.217. The molecule has 0 atom stereocenters. The summed E-state index contributed by atoms with van der Waals surface area (Å²) in [5.74, 6) is -0.150. The maximum atomic E-state index is 13.3. The van der Waals surface area contributed by atoms with Gasteiger partial charge in [-0.25, -0.2) is 4.39 Å².